The normalized spacial score (nSPS) is 11.9. The maximum atomic E-state index is 11.5. The van der Waals surface area contributed by atoms with Crippen LogP contribution >= 0.6 is 11.3 Å². The van der Waals surface area contributed by atoms with Gasteiger partial charge in [0.2, 0.25) is 0 Å². The van der Waals surface area contributed by atoms with Crippen molar-refractivity contribution in [2.24, 2.45) is 0 Å². The second-order valence-corrected chi connectivity index (χ2v) is 4.18. The van der Waals surface area contributed by atoms with Gasteiger partial charge in [-0.15, -0.1) is 17.9 Å². The summed E-state index contributed by atoms with van der Waals surface area (Å²) in [5.74, 6) is -0.378. The minimum atomic E-state index is -0.378. The van der Waals surface area contributed by atoms with E-state index in [4.69, 9.17) is 4.74 Å². The quantitative estimate of drug-likeness (QED) is 0.613. The largest absolute Gasteiger partial charge is 0.461 e. The topological polar surface area (TPSA) is 51.2 Å². The van der Waals surface area contributed by atoms with Gasteiger partial charge in [0.05, 0.1) is 12.1 Å². The lowest BCUT2D eigenvalue weighted by Crippen LogP contribution is -2.16. The van der Waals surface area contributed by atoms with E-state index in [-0.39, 0.29) is 12.0 Å². The van der Waals surface area contributed by atoms with Gasteiger partial charge in [0.15, 0.2) is 5.69 Å². The number of anilines is 1. The van der Waals surface area contributed by atoms with Crippen molar-refractivity contribution in [2.75, 3.05) is 11.9 Å². The van der Waals surface area contributed by atoms with Crippen molar-refractivity contribution >= 4 is 22.3 Å². The van der Waals surface area contributed by atoms with Crippen molar-refractivity contribution < 1.29 is 9.53 Å². The summed E-state index contributed by atoms with van der Waals surface area (Å²) in [6.45, 7) is 7.83. The van der Waals surface area contributed by atoms with E-state index in [1.54, 1.807) is 12.4 Å². The van der Waals surface area contributed by atoms with Crippen LogP contribution in [0, 0.1) is 0 Å². The Morgan fingerprint density at radius 2 is 2.56 bits per heavy atom. The predicted molar refractivity (Wildman–Crippen MR) is 66.0 cm³/mol. The standard InChI is InChI=1S/C11H16N2O2S/c1-4-6-8(3)13-10-9(12-7-16-10)11(14)15-5-2/h4,7-8,13H,1,5-6H2,2-3H3. The van der Waals surface area contributed by atoms with Crippen LogP contribution in [0.3, 0.4) is 0 Å². The summed E-state index contributed by atoms with van der Waals surface area (Å²) in [5.41, 5.74) is 2.00. The van der Waals surface area contributed by atoms with Crippen LogP contribution in [0.25, 0.3) is 0 Å². The van der Waals surface area contributed by atoms with Gasteiger partial charge in [0.1, 0.15) is 5.00 Å². The van der Waals surface area contributed by atoms with Crippen LogP contribution in [0.15, 0.2) is 18.2 Å². The number of carbonyl (C=O) groups is 1. The number of rotatable bonds is 6. The molecule has 1 N–H and O–H groups in total. The zero-order chi connectivity index (χ0) is 12.0. The number of esters is 1. The van der Waals surface area contributed by atoms with Crippen molar-refractivity contribution in [3.8, 4) is 0 Å². The molecule has 1 aromatic heterocycles. The average molecular weight is 240 g/mol. The third kappa shape index (κ3) is 3.34. The van der Waals surface area contributed by atoms with E-state index in [1.165, 1.54) is 11.3 Å². The second kappa shape index (κ2) is 6.27. The van der Waals surface area contributed by atoms with Gasteiger partial charge in [-0.3, -0.25) is 0 Å². The second-order valence-electron chi connectivity index (χ2n) is 3.32. The molecule has 1 rings (SSSR count). The third-order valence-electron chi connectivity index (χ3n) is 1.93. The van der Waals surface area contributed by atoms with Crippen LogP contribution in [0.4, 0.5) is 5.00 Å². The summed E-state index contributed by atoms with van der Waals surface area (Å²) in [7, 11) is 0. The van der Waals surface area contributed by atoms with Crippen LogP contribution in [-0.2, 0) is 4.74 Å². The molecule has 16 heavy (non-hydrogen) atoms. The first-order valence-electron chi connectivity index (χ1n) is 5.17. The van der Waals surface area contributed by atoms with Crippen molar-refractivity contribution in [1.29, 1.82) is 0 Å². The summed E-state index contributed by atoms with van der Waals surface area (Å²) < 4.78 is 4.91. The van der Waals surface area contributed by atoms with Gasteiger partial charge in [-0.05, 0) is 20.3 Å². The summed E-state index contributed by atoms with van der Waals surface area (Å²) in [5, 5.41) is 3.97. The SMILES string of the molecule is C=CCC(C)Nc1scnc1C(=O)OCC. The highest BCUT2D eigenvalue weighted by atomic mass is 32.1. The van der Waals surface area contributed by atoms with Crippen LogP contribution in [0.2, 0.25) is 0 Å². The number of hydrogen-bond donors (Lipinski definition) is 1. The van der Waals surface area contributed by atoms with Gasteiger partial charge >= 0.3 is 5.97 Å². The molecule has 0 aliphatic heterocycles. The number of thiazole rings is 1. The predicted octanol–water partition coefficient (Wildman–Crippen LogP) is 2.70. The van der Waals surface area contributed by atoms with Gasteiger partial charge < -0.3 is 10.1 Å². The number of hydrogen-bond acceptors (Lipinski definition) is 5. The van der Waals surface area contributed by atoms with E-state index in [0.717, 1.165) is 11.4 Å². The highest BCUT2D eigenvalue weighted by molar-refractivity contribution is 7.14. The zero-order valence-electron chi connectivity index (χ0n) is 9.53. The van der Waals surface area contributed by atoms with Gasteiger partial charge in [-0.1, -0.05) is 6.08 Å². The Bertz CT molecular complexity index is 363. The fraction of sp³-hybridized carbons (Fsp3) is 0.455. The lowest BCUT2D eigenvalue weighted by atomic mass is 10.2. The number of nitrogens with zero attached hydrogens (tertiary/aromatic N) is 1. The molecule has 0 fully saturated rings. The smallest absolute Gasteiger partial charge is 0.360 e. The van der Waals surface area contributed by atoms with Gasteiger partial charge in [0.25, 0.3) is 0 Å². The zero-order valence-corrected chi connectivity index (χ0v) is 10.3. The minimum absolute atomic E-state index is 0.228. The average Bonchev–Trinajstić information content (AvgIpc) is 2.66. The third-order valence-corrected chi connectivity index (χ3v) is 2.69. The van der Waals surface area contributed by atoms with Crippen molar-refractivity contribution in [2.45, 2.75) is 26.3 Å². The summed E-state index contributed by atoms with van der Waals surface area (Å²) in [4.78, 5) is 15.5. The molecule has 0 saturated heterocycles. The van der Waals surface area contributed by atoms with E-state index in [9.17, 15) is 4.79 Å². The van der Waals surface area contributed by atoms with E-state index < -0.39 is 0 Å². The Morgan fingerprint density at radius 1 is 1.81 bits per heavy atom. The molecule has 0 aliphatic rings. The molecule has 0 amide bonds. The first-order chi connectivity index (χ1) is 7.69. The maximum Gasteiger partial charge on any atom is 0.360 e. The molecule has 5 heteroatoms. The number of aromatic nitrogens is 1. The van der Waals surface area contributed by atoms with Crippen LogP contribution < -0.4 is 5.32 Å². The summed E-state index contributed by atoms with van der Waals surface area (Å²) in [6.07, 6.45) is 2.67. The molecule has 1 atom stereocenters. The lowest BCUT2D eigenvalue weighted by Gasteiger charge is -2.11. The lowest BCUT2D eigenvalue weighted by molar-refractivity contribution is 0.0521. The van der Waals surface area contributed by atoms with Gasteiger partial charge in [-0.25, -0.2) is 9.78 Å². The van der Waals surface area contributed by atoms with Gasteiger partial charge in [0, 0.05) is 6.04 Å². The number of ether oxygens (including phenoxy) is 1. The molecule has 0 aliphatic carbocycles. The Balaban J connectivity index is 2.70. The Morgan fingerprint density at radius 3 is 3.19 bits per heavy atom. The number of carbonyl (C=O) groups excluding carboxylic acids is 1. The van der Waals surface area contributed by atoms with Crippen LogP contribution in [0.5, 0.6) is 0 Å². The molecule has 88 valence electrons. The van der Waals surface area contributed by atoms with E-state index in [2.05, 4.69) is 16.9 Å². The fourth-order valence-electron chi connectivity index (χ4n) is 1.23. The van der Waals surface area contributed by atoms with Crippen molar-refractivity contribution in [3.05, 3.63) is 23.9 Å². The fourth-order valence-corrected chi connectivity index (χ4v) is 2.01. The van der Waals surface area contributed by atoms with E-state index >= 15 is 0 Å². The number of nitrogens with one attached hydrogen (secondary N) is 1. The first-order valence-corrected chi connectivity index (χ1v) is 6.05. The molecule has 0 bridgehead atoms. The molecule has 1 aromatic rings. The Hall–Kier alpha value is -1.36. The molecule has 1 heterocycles. The van der Waals surface area contributed by atoms with Crippen molar-refractivity contribution in [3.63, 3.8) is 0 Å². The maximum absolute atomic E-state index is 11.5. The highest BCUT2D eigenvalue weighted by Gasteiger charge is 2.16. The van der Waals surface area contributed by atoms with Gasteiger partial charge in [-0.2, -0.15) is 0 Å². The van der Waals surface area contributed by atoms with Crippen molar-refractivity contribution in [1.82, 2.24) is 4.98 Å². The minimum Gasteiger partial charge on any atom is -0.461 e. The molecule has 0 spiro atoms. The highest BCUT2D eigenvalue weighted by Crippen LogP contribution is 2.22. The molecular weight excluding hydrogens is 224 g/mol. The van der Waals surface area contributed by atoms with E-state index in [1.807, 2.05) is 13.0 Å². The molecule has 4 nitrogen and oxygen atoms in total. The summed E-state index contributed by atoms with van der Waals surface area (Å²) in [6, 6.07) is 0.228. The molecular formula is C11H16N2O2S. The molecule has 0 saturated carbocycles. The molecule has 1 unspecified atom stereocenters. The molecule has 0 aromatic carbocycles. The summed E-state index contributed by atoms with van der Waals surface area (Å²) >= 11 is 1.40. The van der Waals surface area contributed by atoms with Crippen LogP contribution in [-0.4, -0.2) is 23.6 Å². The first kappa shape index (κ1) is 12.7. The molecule has 0 radical (unpaired) electrons. The Labute approximate surface area is 99.3 Å². The van der Waals surface area contributed by atoms with Crippen LogP contribution in [0.1, 0.15) is 30.8 Å². The monoisotopic (exact) mass is 240 g/mol. The van der Waals surface area contributed by atoms with E-state index in [0.29, 0.717) is 12.3 Å². The Kier molecular flexibility index (Phi) is 4.98.